The van der Waals surface area contributed by atoms with E-state index in [9.17, 15) is 18.8 Å². The van der Waals surface area contributed by atoms with Crippen LogP contribution in [0.15, 0.2) is 24.3 Å². The van der Waals surface area contributed by atoms with Crippen molar-refractivity contribution in [2.24, 2.45) is 0 Å². The summed E-state index contributed by atoms with van der Waals surface area (Å²) in [7, 11) is 0. The van der Waals surface area contributed by atoms with Gasteiger partial charge in [-0.25, -0.2) is 9.18 Å². The van der Waals surface area contributed by atoms with Gasteiger partial charge >= 0.3 is 5.97 Å². The zero-order valence-electron chi connectivity index (χ0n) is 10.0. The molecule has 19 heavy (non-hydrogen) atoms. The molecular weight excluding hydrogens is 253 g/mol. The fourth-order valence-corrected chi connectivity index (χ4v) is 2.12. The average Bonchev–Trinajstić information content (AvgIpc) is 2.74. The minimum atomic E-state index is -1.22. The summed E-state index contributed by atoms with van der Waals surface area (Å²) in [4.78, 5) is 35.2. The Morgan fingerprint density at radius 3 is 2.68 bits per heavy atom. The molecule has 1 heterocycles. The number of hydrogen-bond acceptors (Lipinski definition) is 3. The fourth-order valence-electron chi connectivity index (χ4n) is 2.12. The van der Waals surface area contributed by atoms with Crippen LogP contribution >= 0.6 is 0 Å². The molecule has 2 amide bonds. The molecular formula is C13H12FNO4. The summed E-state index contributed by atoms with van der Waals surface area (Å²) in [6, 6.07) is 4.58. The zero-order chi connectivity index (χ0) is 14.0. The monoisotopic (exact) mass is 265 g/mol. The molecule has 1 aliphatic rings. The van der Waals surface area contributed by atoms with E-state index in [1.165, 1.54) is 18.2 Å². The van der Waals surface area contributed by atoms with Crippen LogP contribution in [-0.4, -0.2) is 33.8 Å². The van der Waals surface area contributed by atoms with Gasteiger partial charge in [-0.3, -0.25) is 14.5 Å². The number of likely N-dealkylation sites (tertiary alicyclic amines) is 1. The third-order valence-corrected chi connectivity index (χ3v) is 3.07. The molecule has 0 bridgehead atoms. The lowest BCUT2D eigenvalue weighted by Crippen LogP contribution is -2.43. The van der Waals surface area contributed by atoms with Crippen molar-refractivity contribution in [2.45, 2.75) is 25.3 Å². The second-order valence-electron chi connectivity index (χ2n) is 4.32. The molecule has 1 unspecified atom stereocenters. The number of hydrogen-bond donors (Lipinski definition) is 1. The van der Waals surface area contributed by atoms with Crippen molar-refractivity contribution in [1.29, 1.82) is 0 Å². The van der Waals surface area contributed by atoms with Crippen LogP contribution in [-0.2, 0) is 20.8 Å². The van der Waals surface area contributed by atoms with Gasteiger partial charge in [0.1, 0.15) is 11.9 Å². The molecule has 5 nitrogen and oxygen atoms in total. The van der Waals surface area contributed by atoms with Crippen LogP contribution in [0.5, 0.6) is 0 Å². The van der Waals surface area contributed by atoms with Crippen LogP contribution in [0.3, 0.4) is 0 Å². The van der Waals surface area contributed by atoms with Gasteiger partial charge in [0.25, 0.3) is 0 Å². The van der Waals surface area contributed by atoms with E-state index in [1.807, 2.05) is 0 Å². The highest BCUT2D eigenvalue weighted by Crippen LogP contribution is 2.20. The van der Waals surface area contributed by atoms with Gasteiger partial charge in [-0.1, -0.05) is 18.2 Å². The molecule has 6 heteroatoms. The topological polar surface area (TPSA) is 74.7 Å². The van der Waals surface area contributed by atoms with E-state index in [1.54, 1.807) is 6.07 Å². The first-order chi connectivity index (χ1) is 9.00. The standard InChI is InChI=1S/C13H12FNO4/c14-9-4-2-1-3-8(9)7-12(17)15-10(13(18)19)5-6-11(15)16/h1-4,10H,5-7H2,(H,18,19). The molecule has 0 aliphatic carbocycles. The summed E-state index contributed by atoms with van der Waals surface area (Å²) in [6.45, 7) is 0. The molecule has 0 spiro atoms. The highest BCUT2D eigenvalue weighted by Gasteiger charge is 2.40. The summed E-state index contributed by atoms with van der Waals surface area (Å²) in [5.74, 6) is -2.96. The van der Waals surface area contributed by atoms with Crippen LogP contribution in [0.25, 0.3) is 0 Å². The van der Waals surface area contributed by atoms with Crippen molar-refractivity contribution < 1.29 is 23.9 Å². The van der Waals surface area contributed by atoms with Crippen molar-refractivity contribution in [3.8, 4) is 0 Å². The molecule has 1 aromatic rings. The maximum absolute atomic E-state index is 13.4. The first-order valence-electron chi connectivity index (χ1n) is 5.82. The Bertz CT molecular complexity index is 543. The van der Waals surface area contributed by atoms with E-state index in [2.05, 4.69) is 0 Å². The molecule has 0 radical (unpaired) electrons. The Morgan fingerprint density at radius 1 is 1.37 bits per heavy atom. The van der Waals surface area contributed by atoms with E-state index in [0.717, 1.165) is 4.90 Å². The van der Waals surface area contributed by atoms with Crippen molar-refractivity contribution in [3.05, 3.63) is 35.6 Å². The number of carbonyl (C=O) groups excluding carboxylic acids is 2. The van der Waals surface area contributed by atoms with Gasteiger partial charge in [-0.05, 0) is 18.1 Å². The Morgan fingerprint density at radius 2 is 2.05 bits per heavy atom. The van der Waals surface area contributed by atoms with Crippen LogP contribution in [0, 0.1) is 5.82 Å². The van der Waals surface area contributed by atoms with Crippen LogP contribution in [0.4, 0.5) is 4.39 Å². The largest absolute Gasteiger partial charge is 0.480 e. The first-order valence-corrected chi connectivity index (χ1v) is 5.82. The Balaban J connectivity index is 2.17. The number of carboxylic acids is 1. The lowest BCUT2D eigenvalue weighted by molar-refractivity contribution is -0.153. The highest BCUT2D eigenvalue weighted by molar-refractivity contribution is 6.02. The molecule has 1 N–H and O–H groups in total. The van der Waals surface area contributed by atoms with Crippen molar-refractivity contribution in [3.63, 3.8) is 0 Å². The lowest BCUT2D eigenvalue weighted by Gasteiger charge is -2.19. The molecule has 2 rings (SSSR count). The van der Waals surface area contributed by atoms with Gasteiger partial charge in [0.05, 0.1) is 6.42 Å². The number of benzene rings is 1. The molecule has 1 fully saturated rings. The number of aliphatic carboxylic acids is 1. The van der Waals surface area contributed by atoms with E-state index in [0.29, 0.717) is 0 Å². The third kappa shape index (κ3) is 2.62. The van der Waals surface area contributed by atoms with Crippen LogP contribution < -0.4 is 0 Å². The quantitative estimate of drug-likeness (QED) is 0.883. The van der Waals surface area contributed by atoms with Gasteiger partial charge in [-0.15, -0.1) is 0 Å². The SMILES string of the molecule is O=C(O)C1CCC(=O)N1C(=O)Cc1ccccc1F. The summed E-state index contributed by atoms with van der Waals surface area (Å²) in [5, 5.41) is 8.95. The smallest absolute Gasteiger partial charge is 0.326 e. The molecule has 1 atom stereocenters. The lowest BCUT2D eigenvalue weighted by atomic mass is 10.1. The number of carbonyl (C=O) groups is 3. The molecule has 1 aromatic carbocycles. The van der Waals surface area contributed by atoms with Gasteiger partial charge in [0.2, 0.25) is 11.8 Å². The minimum Gasteiger partial charge on any atom is -0.480 e. The van der Waals surface area contributed by atoms with Crippen molar-refractivity contribution in [2.75, 3.05) is 0 Å². The fraction of sp³-hybridized carbons (Fsp3) is 0.308. The molecule has 0 aromatic heterocycles. The van der Waals surface area contributed by atoms with E-state index < -0.39 is 29.6 Å². The molecule has 100 valence electrons. The minimum absolute atomic E-state index is 0.0278. The zero-order valence-corrected chi connectivity index (χ0v) is 10.0. The number of halogens is 1. The van der Waals surface area contributed by atoms with E-state index in [-0.39, 0.29) is 24.8 Å². The Labute approximate surface area is 108 Å². The van der Waals surface area contributed by atoms with Crippen LogP contribution in [0.1, 0.15) is 18.4 Å². The highest BCUT2D eigenvalue weighted by atomic mass is 19.1. The number of carboxylic acid groups (broad SMARTS) is 1. The maximum atomic E-state index is 13.4. The second-order valence-corrected chi connectivity index (χ2v) is 4.32. The normalized spacial score (nSPS) is 18.7. The molecule has 0 saturated carbocycles. The number of rotatable bonds is 3. The van der Waals surface area contributed by atoms with Crippen LogP contribution in [0.2, 0.25) is 0 Å². The van der Waals surface area contributed by atoms with Gasteiger partial charge < -0.3 is 5.11 Å². The van der Waals surface area contributed by atoms with Crippen molar-refractivity contribution in [1.82, 2.24) is 4.90 Å². The van der Waals surface area contributed by atoms with Gasteiger partial charge in [-0.2, -0.15) is 0 Å². The summed E-state index contributed by atoms with van der Waals surface area (Å²) in [5.41, 5.74) is 0.149. The number of imide groups is 1. The number of amides is 2. The Hall–Kier alpha value is -2.24. The Kier molecular flexibility index (Phi) is 3.59. The maximum Gasteiger partial charge on any atom is 0.326 e. The van der Waals surface area contributed by atoms with Gasteiger partial charge in [0, 0.05) is 6.42 Å². The first kappa shape index (κ1) is 13.2. The second kappa shape index (κ2) is 5.17. The third-order valence-electron chi connectivity index (χ3n) is 3.07. The van der Waals surface area contributed by atoms with Gasteiger partial charge in [0.15, 0.2) is 0 Å². The predicted octanol–water partition coefficient (Wildman–Crippen LogP) is 0.970. The van der Waals surface area contributed by atoms with E-state index >= 15 is 0 Å². The summed E-state index contributed by atoms with van der Waals surface area (Å²) < 4.78 is 13.4. The molecule has 1 saturated heterocycles. The van der Waals surface area contributed by atoms with E-state index in [4.69, 9.17) is 5.11 Å². The summed E-state index contributed by atoms with van der Waals surface area (Å²) >= 11 is 0. The van der Waals surface area contributed by atoms with Crippen molar-refractivity contribution >= 4 is 17.8 Å². The summed E-state index contributed by atoms with van der Waals surface area (Å²) in [6.07, 6.45) is -0.181. The molecule has 1 aliphatic heterocycles. The predicted molar refractivity (Wildman–Crippen MR) is 62.6 cm³/mol. The average molecular weight is 265 g/mol. The number of nitrogens with zero attached hydrogens (tertiary/aromatic N) is 1.